The number of nitrogens with zero attached hydrogens (tertiary/aromatic N) is 1. The van der Waals surface area contributed by atoms with Crippen LogP contribution in [0.5, 0.6) is 0 Å². The first kappa shape index (κ1) is 17.2. The van der Waals surface area contributed by atoms with Crippen molar-refractivity contribution in [1.29, 1.82) is 0 Å². The van der Waals surface area contributed by atoms with Crippen LogP contribution in [0.15, 0.2) is 0 Å². The first-order valence-electron chi connectivity index (χ1n) is 5.85. The van der Waals surface area contributed by atoms with E-state index in [0.717, 1.165) is 4.90 Å². The number of amides is 2. The quantitative estimate of drug-likeness (QED) is 0.402. The molecule has 3 atom stereocenters. The molecule has 1 rings (SSSR count). The summed E-state index contributed by atoms with van der Waals surface area (Å²) in [5.74, 6) is -1.43. The van der Waals surface area contributed by atoms with Crippen molar-refractivity contribution < 1.29 is 29.3 Å². The number of methoxy groups -OCH3 is 1. The Labute approximate surface area is 110 Å². The van der Waals surface area contributed by atoms with Crippen molar-refractivity contribution in [3.8, 4) is 0 Å². The molecule has 0 aromatic carbocycles. The van der Waals surface area contributed by atoms with Gasteiger partial charge in [-0.2, -0.15) is 0 Å². The molecule has 0 aliphatic carbocycles. The molecule has 1 aliphatic heterocycles. The maximum absolute atomic E-state index is 12.1. The van der Waals surface area contributed by atoms with E-state index < -0.39 is 36.2 Å². The third-order valence-corrected chi connectivity index (χ3v) is 3.01. The Morgan fingerprint density at radius 2 is 2.00 bits per heavy atom. The van der Waals surface area contributed by atoms with Crippen LogP contribution in [0.3, 0.4) is 0 Å². The summed E-state index contributed by atoms with van der Waals surface area (Å²) in [6, 6.07) is -2.09. The summed E-state index contributed by atoms with van der Waals surface area (Å²) in [4.78, 5) is 35.5. The van der Waals surface area contributed by atoms with Crippen LogP contribution in [0.25, 0.3) is 0 Å². The molecule has 120 valence electrons. The number of carbonyl (C=O) groups excluding carboxylic acids is 2. The van der Waals surface area contributed by atoms with E-state index in [4.69, 9.17) is 5.11 Å². The normalized spacial score (nSPS) is 23.2. The van der Waals surface area contributed by atoms with Crippen molar-refractivity contribution in [2.45, 2.75) is 32.0 Å². The summed E-state index contributed by atoms with van der Waals surface area (Å²) >= 11 is 0. The summed E-state index contributed by atoms with van der Waals surface area (Å²) in [6.45, 7) is 3.36. The second-order valence-electron chi connectivity index (χ2n) is 4.70. The Bertz CT molecular complexity index is 389. The van der Waals surface area contributed by atoms with Crippen LogP contribution < -0.4 is 5.32 Å². The number of carbonyl (C=O) groups is 3. The Hall–Kier alpha value is -2.83. The summed E-state index contributed by atoms with van der Waals surface area (Å²) in [5.41, 5.74) is 0. The van der Waals surface area contributed by atoms with Crippen LogP contribution in [0.2, 0.25) is 0 Å². The van der Waals surface area contributed by atoms with E-state index >= 15 is 0 Å². The van der Waals surface area contributed by atoms with Crippen molar-refractivity contribution in [2.24, 2.45) is 5.92 Å². The predicted molar refractivity (Wildman–Crippen MR) is 63.3 cm³/mol. The molecule has 1 saturated heterocycles. The molecule has 0 spiro atoms. The van der Waals surface area contributed by atoms with Gasteiger partial charge in [-0.05, 0) is 5.92 Å². The molecule has 1 fully saturated rings. The van der Waals surface area contributed by atoms with Crippen molar-refractivity contribution in [2.75, 3.05) is 13.7 Å². The molecule has 0 aromatic rings. The van der Waals surface area contributed by atoms with Crippen molar-refractivity contribution in [3.63, 3.8) is 0 Å². The van der Waals surface area contributed by atoms with Gasteiger partial charge in [-0.1, -0.05) is 13.8 Å². The molecule has 1 heterocycles. The van der Waals surface area contributed by atoms with Crippen LogP contribution in [0.4, 0.5) is 4.79 Å². The Kier molecular flexibility index (Phi) is 5.47. The SMILES string of the molecule is COC(=O)[C@H](C(C)C)N1C[C@H](O)[C@@H](NC(=O)O)C1=O.[Fm]. The van der Waals surface area contributed by atoms with E-state index in [1.807, 2.05) is 5.32 Å². The van der Waals surface area contributed by atoms with E-state index in [1.165, 1.54) is 7.11 Å². The van der Waals surface area contributed by atoms with Gasteiger partial charge >= 0.3 is 12.1 Å². The van der Waals surface area contributed by atoms with Gasteiger partial charge in [0.15, 0.2) is 0 Å². The summed E-state index contributed by atoms with van der Waals surface area (Å²) < 4.78 is 4.63. The largest absolute Gasteiger partial charge is 0.467 e. The standard InChI is InChI=1S/C11H18N2O6.Fm/c1-5(2)8(10(16)19-3)13-4-6(14)7(9(13)15)12-11(17)18;/h5-8,12,14H,4H2,1-3H3,(H,17,18);/t6-,7+,8-;/m0./s1. The van der Waals surface area contributed by atoms with Crippen molar-refractivity contribution in [3.05, 3.63) is 0 Å². The number of hydrogen-bond acceptors (Lipinski definition) is 5. The zero-order chi connectivity index (χ0) is 14.7. The second kappa shape index (κ2) is 6.37. The number of likely N-dealkylation sites (tertiary alicyclic amines) is 1. The molecule has 0 aromatic heterocycles. The molecule has 0 saturated carbocycles. The smallest absolute Gasteiger partial charge is 0.405 e. The summed E-state index contributed by atoms with van der Waals surface area (Å²) in [5, 5.41) is 20.3. The van der Waals surface area contributed by atoms with Gasteiger partial charge in [0.25, 0.3) is 0 Å². The van der Waals surface area contributed by atoms with Gasteiger partial charge in [0, 0.05) is 0 Å². The summed E-state index contributed by atoms with van der Waals surface area (Å²) in [6.07, 6.45) is -2.59. The number of aliphatic hydroxyl groups excluding tert-OH is 1. The third kappa shape index (κ3) is 3.14. The number of rotatable bonds is 4. The second-order valence-corrected chi connectivity index (χ2v) is 4.70. The molecule has 3 N–H and O–H groups in total. The molecular formula is C11H18FmN2O6. The van der Waals surface area contributed by atoms with Crippen molar-refractivity contribution in [1.82, 2.24) is 10.2 Å². The van der Waals surface area contributed by atoms with E-state index in [9.17, 15) is 19.5 Å². The zero-order valence-corrected chi connectivity index (χ0v) is 13.7. The first-order chi connectivity index (χ1) is 8.79. The molecule has 0 unspecified atom stereocenters. The molecule has 0 bridgehead atoms. The average Bonchev–Trinajstić information content (AvgIpc) is 2.56. The van der Waals surface area contributed by atoms with Gasteiger partial charge in [0.2, 0.25) is 5.91 Å². The maximum atomic E-state index is 12.1. The van der Waals surface area contributed by atoms with E-state index in [2.05, 4.69) is 4.74 Å². The van der Waals surface area contributed by atoms with Gasteiger partial charge in [0.1, 0.15) is 18.2 Å². The number of nitrogens with one attached hydrogen (secondary N) is 1. The first-order valence-corrected chi connectivity index (χ1v) is 5.85. The summed E-state index contributed by atoms with van der Waals surface area (Å²) in [7, 11) is 1.21. The van der Waals surface area contributed by atoms with E-state index in [1.54, 1.807) is 13.8 Å². The topological polar surface area (TPSA) is 116 Å². The minimum Gasteiger partial charge on any atom is -0.467 e. The monoisotopic (exact) mass is 531 g/mol. The Balaban J connectivity index is 0.00000361. The van der Waals surface area contributed by atoms with Crippen LogP contribution >= 0.6 is 0 Å². The van der Waals surface area contributed by atoms with Crippen LogP contribution in [-0.2, 0) is 14.3 Å². The number of ether oxygens (including phenoxy) is 1. The fraction of sp³-hybridized carbons (Fsp3) is 0.727. The molecule has 20 heavy (non-hydrogen) atoms. The zero-order valence-electron chi connectivity index (χ0n) is 11.3. The average molecular weight is 531 g/mol. The Morgan fingerprint density at radius 3 is 2.40 bits per heavy atom. The predicted octanol–water partition coefficient (Wildman–Crippen LogP) is -0.977. The molecule has 1 aliphatic rings. The van der Waals surface area contributed by atoms with Gasteiger partial charge < -0.3 is 25.2 Å². The van der Waals surface area contributed by atoms with Crippen LogP contribution in [-0.4, -0.2) is 64.9 Å². The molecular weight excluding hydrogens is 513 g/mol. The molecule has 8 nitrogen and oxygen atoms in total. The Morgan fingerprint density at radius 1 is 1.45 bits per heavy atom. The minimum atomic E-state index is -1.40. The van der Waals surface area contributed by atoms with Gasteiger partial charge in [0.05, 0.1) is 13.7 Å². The number of aliphatic hydroxyl groups is 1. The molecule has 9 heteroatoms. The number of carboxylic acid groups (broad SMARTS) is 1. The van der Waals surface area contributed by atoms with E-state index in [-0.39, 0.29) is 12.5 Å². The van der Waals surface area contributed by atoms with E-state index in [0.29, 0.717) is 0 Å². The van der Waals surface area contributed by atoms with Crippen LogP contribution in [0.1, 0.15) is 13.8 Å². The van der Waals surface area contributed by atoms with Gasteiger partial charge in [-0.3, -0.25) is 4.79 Å². The maximum Gasteiger partial charge on any atom is 0.405 e. The molecule has 2 amide bonds. The van der Waals surface area contributed by atoms with Crippen LogP contribution in [0, 0.1) is 5.92 Å². The fourth-order valence-corrected chi connectivity index (χ4v) is 2.16. The number of hydrogen-bond donors (Lipinski definition) is 3. The van der Waals surface area contributed by atoms with Crippen molar-refractivity contribution >= 4 is 18.0 Å². The number of esters is 1. The minimum absolute atomic E-state index is 0. The fourth-order valence-electron chi connectivity index (χ4n) is 2.16. The number of β-amino-alcohol motifs (C(OH)–C–C–N with tert-alkyl or cyclic N) is 1. The third-order valence-electron chi connectivity index (χ3n) is 3.01. The van der Waals surface area contributed by atoms with Gasteiger partial charge in [-0.25, -0.2) is 9.59 Å². The van der Waals surface area contributed by atoms with Gasteiger partial charge in [-0.15, -0.1) is 0 Å². The molecule has 0 radical (unpaired) electrons.